The third kappa shape index (κ3) is 1.91. The first kappa shape index (κ1) is 12.4. The number of aliphatic hydroxyl groups excluding tert-OH is 1. The molecule has 94 valence electrons. The Morgan fingerprint density at radius 2 is 2.12 bits per heavy atom. The summed E-state index contributed by atoms with van der Waals surface area (Å²) < 4.78 is 5.31. The van der Waals surface area contributed by atoms with Gasteiger partial charge in [-0.2, -0.15) is 0 Å². The topological polar surface area (TPSA) is 29.5 Å². The van der Waals surface area contributed by atoms with Crippen molar-refractivity contribution < 1.29 is 9.84 Å². The normalized spacial score (nSPS) is 45.4. The van der Waals surface area contributed by atoms with Crippen molar-refractivity contribution in [1.29, 1.82) is 0 Å². The van der Waals surface area contributed by atoms with Gasteiger partial charge in [0.25, 0.3) is 0 Å². The zero-order valence-corrected chi connectivity index (χ0v) is 10.9. The third-order valence-corrected chi connectivity index (χ3v) is 5.28. The molecular weight excluding hydrogens is 200 g/mol. The highest BCUT2D eigenvalue weighted by Crippen LogP contribution is 2.57. The molecule has 2 fully saturated rings. The van der Waals surface area contributed by atoms with Crippen molar-refractivity contribution in [3.63, 3.8) is 0 Å². The van der Waals surface area contributed by atoms with Crippen LogP contribution in [0.25, 0.3) is 0 Å². The van der Waals surface area contributed by atoms with E-state index in [4.69, 9.17) is 4.74 Å². The van der Waals surface area contributed by atoms with Gasteiger partial charge in [-0.1, -0.05) is 20.3 Å². The summed E-state index contributed by atoms with van der Waals surface area (Å²) >= 11 is 0. The van der Waals surface area contributed by atoms with Crippen molar-refractivity contribution in [3.8, 4) is 0 Å². The molecule has 5 atom stereocenters. The lowest BCUT2D eigenvalue weighted by Crippen LogP contribution is -2.42. The summed E-state index contributed by atoms with van der Waals surface area (Å²) in [4.78, 5) is 0. The Kier molecular flexibility index (Phi) is 3.60. The molecule has 4 unspecified atom stereocenters. The number of ether oxygens (including phenoxy) is 1. The lowest BCUT2D eigenvalue weighted by atomic mass is 9.62. The molecule has 2 rings (SSSR count). The highest BCUT2D eigenvalue weighted by Gasteiger charge is 2.52. The predicted octanol–water partition coefficient (Wildman–Crippen LogP) is 2.85. The molecule has 0 aromatic rings. The fourth-order valence-corrected chi connectivity index (χ4v) is 4.50. The maximum absolute atomic E-state index is 10.1. The Bertz CT molecular complexity index is 241. The maximum Gasteiger partial charge on any atom is 0.0573 e. The summed E-state index contributed by atoms with van der Waals surface area (Å²) in [5.74, 6) is 1.92. The fraction of sp³-hybridized carbons (Fsp3) is 1.00. The monoisotopic (exact) mass is 226 g/mol. The molecule has 1 N–H and O–H groups in total. The SMILES string of the molecule is COC[C@H](C)C1CCC2C(O)CCCC21C. The van der Waals surface area contributed by atoms with Crippen LogP contribution in [0, 0.1) is 23.2 Å². The van der Waals surface area contributed by atoms with E-state index in [2.05, 4.69) is 13.8 Å². The largest absolute Gasteiger partial charge is 0.393 e. The number of rotatable bonds is 3. The lowest BCUT2D eigenvalue weighted by molar-refractivity contribution is -0.0344. The molecule has 2 nitrogen and oxygen atoms in total. The maximum atomic E-state index is 10.1. The zero-order valence-electron chi connectivity index (χ0n) is 10.9. The minimum atomic E-state index is -0.0431. The number of hydrogen-bond acceptors (Lipinski definition) is 2. The van der Waals surface area contributed by atoms with Crippen LogP contribution in [0.1, 0.15) is 46.0 Å². The van der Waals surface area contributed by atoms with Gasteiger partial charge < -0.3 is 9.84 Å². The molecule has 0 aromatic heterocycles. The van der Waals surface area contributed by atoms with Crippen LogP contribution in [0.4, 0.5) is 0 Å². The van der Waals surface area contributed by atoms with E-state index in [1.807, 2.05) is 0 Å². The van der Waals surface area contributed by atoms with Crippen LogP contribution in [-0.2, 0) is 4.74 Å². The first-order valence-corrected chi connectivity index (χ1v) is 6.76. The van der Waals surface area contributed by atoms with Gasteiger partial charge in [0.2, 0.25) is 0 Å². The van der Waals surface area contributed by atoms with Crippen molar-refractivity contribution in [1.82, 2.24) is 0 Å². The molecule has 0 spiro atoms. The van der Waals surface area contributed by atoms with Gasteiger partial charge in [0, 0.05) is 13.7 Å². The Morgan fingerprint density at radius 1 is 1.38 bits per heavy atom. The molecule has 0 radical (unpaired) electrons. The first-order chi connectivity index (χ1) is 7.59. The minimum absolute atomic E-state index is 0.0431. The second kappa shape index (κ2) is 4.66. The Labute approximate surface area is 99.4 Å². The zero-order chi connectivity index (χ0) is 11.8. The van der Waals surface area contributed by atoms with Crippen LogP contribution in [0.3, 0.4) is 0 Å². The second-order valence-electron chi connectivity index (χ2n) is 6.19. The van der Waals surface area contributed by atoms with E-state index >= 15 is 0 Å². The number of aliphatic hydroxyl groups is 1. The molecule has 0 aromatic carbocycles. The van der Waals surface area contributed by atoms with Gasteiger partial charge in [0.05, 0.1) is 6.10 Å². The molecular formula is C14H26O2. The van der Waals surface area contributed by atoms with Crippen LogP contribution in [-0.4, -0.2) is 24.9 Å². The predicted molar refractivity (Wildman–Crippen MR) is 65.2 cm³/mol. The molecule has 0 aliphatic heterocycles. The van der Waals surface area contributed by atoms with E-state index in [0.29, 0.717) is 17.3 Å². The van der Waals surface area contributed by atoms with E-state index in [1.54, 1.807) is 7.11 Å². The lowest BCUT2D eigenvalue weighted by Gasteiger charge is -2.45. The van der Waals surface area contributed by atoms with E-state index in [0.717, 1.165) is 18.9 Å². The number of methoxy groups -OCH3 is 1. The number of hydrogen-bond donors (Lipinski definition) is 1. The molecule has 2 heteroatoms. The van der Waals surface area contributed by atoms with Crippen molar-refractivity contribution in [2.24, 2.45) is 23.2 Å². The van der Waals surface area contributed by atoms with Gasteiger partial charge in [0.15, 0.2) is 0 Å². The third-order valence-electron chi connectivity index (χ3n) is 5.28. The molecule has 2 aliphatic rings. The van der Waals surface area contributed by atoms with Gasteiger partial charge in [-0.25, -0.2) is 0 Å². The van der Waals surface area contributed by atoms with E-state index in [9.17, 15) is 5.11 Å². The summed E-state index contributed by atoms with van der Waals surface area (Å²) in [5, 5.41) is 10.1. The summed E-state index contributed by atoms with van der Waals surface area (Å²) in [6.07, 6.45) is 5.97. The van der Waals surface area contributed by atoms with E-state index in [-0.39, 0.29) is 6.10 Å². The van der Waals surface area contributed by atoms with Crippen molar-refractivity contribution in [3.05, 3.63) is 0 Å². The second-order valence-corrected chi connectivity index (χ2v) is 6.19. The smallest absolute Gasteiger partial charge is 0.0573 e. The number of fused-ring (bicyclic) bond motifs is 1. The van der Waals surface area contributed by atoms with Gasteiger partial charge >= 0.3 is 0 Å². The molecule has 2 saturated carbocycles. The van der Waals surface area contributed by atoms with Gasteiger partial charge in [-0.05, 0) is 48.9 Å². The van der Waals surface area contributed by atoms with Crippen LogP contribution in [0.5, 0.6) is 0 Å². The van der Waals surface area contributed by atoms with Crippen LogP contribution >= 0.6 is 0 Å². The molecule has 0 bridgehead atoms. The molecule has 0 amide bonds. The summed E-state index contributed by atoms with van der Waals surface area (Å²) in [6, 6.07) is 0. The average Bonchev–Trinajstić information content (AvgIpc) is 2.57. The van der Waals surface area contributed by atoms with Crippen LogP contribution < -0.4 is 0 Å². The van der Waals surface area contributed by atoms with Gasteiger partial charge in [0.1, 0.15) is 0 Å². The molecule has 0 saturated heterocycles. The summed E-state index contributed by atoms with van der Waals surface area (Å²) in [6.45, 7) is 5.58. The average molecular weight is 226 g/mol. The summed E-state index contributed by atoms with van der Waals surface area (Å²) in [7, 11) is 1.79. The van der Waals surface area contributed by atoms with Crippen molar-refractivity contribution >= 4 is 0 Å². The Balaban J connectivity index is 2.11. The quantitative estimate of drug-likeness (QED) is 0.802. The van der Waals surface area contributed by atoms with Crippen LogP contribution in [0.15, 0.2) is 0 Å². The van der Waals surface area contributed by atoms with Gasteiger partial charge in [-0.15, -0.1) is 0 Å². The summed E-state index contributed by atoms with van der Waals surface area (Å²) in [5.41, 5.74) is 0.371. The highest BCUT2D eigenvalue weighted by atomic mass is 16.5. The minimum Gasteiger partial charge on any atom is -0.393 e. The first-order valence-electron chi connectivity index (χ1n) is 6.76. The molecule has 2 aliphatic carbocycles. The standard InChI is InChI=1S/C14H26O2/c1-10(9-16-3)11-6-7-12-13(15)5-4-8-14(11,12)2/h10-13,15H,4-9H2,1-3H3/t10-,11?,12?,13?,14?/m0/s1. The molecule has 16 heavy (non-hydrogen) atoms. The molecule has 0 heterocycles. The Hall–Kier alpha value is -0.0800. The van der Waals surface area contributed by atoms with Crippen molar-refractivity contribution in [2.45, 2.75) is 52.1 Å². The van der Waals surface area contributed by atoms with Crippen LogP contribution in [0.2, 0.25) is 0 Å². The van der Waals surface area contributed by atoms with E-state index < -0.39 is 0 Å². The van der Waals surface area contributed by atoms with Crippen molar-refractivity contribution in [2.75, 3.05) is 13.7 Å². The fourth-order valence-electron chi connectivity index (χ4n) is 4.50. The Morgan fingerprint density at radius 3 is 2.81 bits per heavy atom. The van der Waals surface area contributed by atoms with Gasteiger partial charge in [-0.3, -0.25) is 0 Å². The van der Waals surface area contributed by atoms with E-state index in [1.165, 1.54) is 25.7 Å². The highest BCUT2D eigenvalue weighted by molar-refractivity contribution is 5.01.